The zero-order valence-corrected chi connectivity index (χ0v) is 13.5. The summed E-state index contributed by atoms with van der Waals surface area (Å²) in [6.45, 7) is 0. The third kappa shape index (κ3) is 2.38. The largest absolute Gasteiger partial charge is 0.330 e. The van der Waals surface area contributed by atoms with Gasteiger partial charge in [-0.05, 0) is 52.4 Å². The lowest BCUT2D eigenvalue weighted by molar-refractivity contribution is 0.622. The molecular weight excluding hydrogens is 377 g/mol. The molecule has 3 rings (SSSR count). The van der Waals surface area contributed by atoms with Gasteiger partial charge < -0.3 is 4.98 Å². The zero-order chi connectivity index (χ0) is 15.1. The van der Waals surface area contributed by atoms with Gasteiger partial charge in [0.1, 0.15) is 5.82 Å². The fourth-order valence-electron chi connectivity index (χ4n) is 2.09. The summed E-state index contributed by atoms with van der Waals surface area (Å²) in [5.74, 6) is -0.405. The molecule has 0 amide bonds. The molecule has 0 saturated carbocycles. The smallest absolute Gasteiger partial charge is 0.182 e. The molecule has 0 aliphatic heterocycles. The van der Waals surface area contributed by atoms with E-state index in [0.29, 0.717) is 36.6 Å². The van der Waals surface area contributed by atoms with E-state index in [2.05, 4.69) is 20.9 Å². The van der Waals surface area contributed by atoms with Crippen LogP contribution in [0.3, 0.4) is 0 Å². The summed E-state index contributed by atoms with van der Waals surface area (Å²) in [7, 11) is 0. The van der Waals surface area contributed by atoms with Crippen LogP contribution in [0.2, 0.25) is 5.02 Å². The number of fused-ring (bicyclic) bond motifs is 1. The number of halogens is 3. The van der Waals surface area contributed by atoms with E-state index in [0.717, 1.165) is 0 Å². The van der Waals surface area contributed by atoms with E-state index < -0.39 is 5.82 Å². The number of aromatic nitrogens is 2. The van der Waals surface area contributed by atoms with Crippen molar-refractivity contribution in [2.75, 3.05) is 0 Å². The van der Waals surface area contributed by atoms with Crippen molar-refractivity contribution in [3.8, 4) is 11.8 Å². The first-order valence-electron chi connectivity index (χ1n) is 5.81. The van der Waals surface area contributed by atoms with Crippen LogP contribution in [-0.2, 0) is 0 Å². The summed E-state index contributed by atoms with van der Waals surface area (Å²) in [5, 5.41) is 9.44. The number of nitrogens with zero attached hydrogens (tertiary/aromatic N) is 2. The highest BCUT2D eigenvalue weighted by Crippen LogP contribution is 2.29. The Labute approximate surface area is 137 Å². The number of imidazole rings is 1. The van der Waals surface area contributed by atoms with E-state index in [9.17, 15) is 4.39 Å². The molecule has 3 aromatic rings. The number of aromatic amines is 1. The minimum absolute atomic E-state index is 0.343. The second-order valence-electron chi connectivity index (χ2n) is 4.33. The van der Waals surface area contributed by atoms with Crippen LogP contribution >= 0.6 is 39.7 Å². The van der Waals surface area contributed by atoms with E-state index in [1.165, 1.54) is 6.07 Å². The molecule has 1 aromatic heterocycles. The van der Waals surface area contributed by atoms with Gasteiger partial charge in [-0.15, -0.1) is 0 Å². The maximum atomic E-state index is 13.8. The van der Waals surface area contributed by atoms with Gasteiger partial charge in [-0.2, -0.15) is 5.26 Å². The molecule has 0 atom stereocenters. The van der Waals surface area contributed by atoms with E-state index >= 15 is 0 Å². The molecule has 104 valence electrons. The Hall–Kier alpha value is -1.68. The lowest BCUT2D eigenvalue weighted by Gasteiger charge is -2.08. The summed E-state index contributed by atoms with van der Waals surface area (Å²) in [5.41, 5.74) is 2.21. The fourth-order valence-corrected chi connectivity index (χ4v) is 2.95. The molecule has 21 heavy (non-hydrogen) atoms. The number of benzene rings is 2. The molecule has 0 spiro atoms. The predicted molar refractivity (Wildman–Crippen MR) is 85.8 cm³/mol. The molecule has 1 N–H and O–H groups in total. The van der Waals surface area contributed by atoms with Crippen LogP contribution in [-0.4, -0.2) is 9.55 Å². The number of rotatable bonds is 1. The van der Waals surface area contributed by atoms with Crippen molar-refractivity contribution in [1.82, 2.24) is 9.55 Å². The third-order valence-corrected chi connectivity index (χ3v) is 4.25. The molecule has 0 saturated heterocycles. The van der Waals surface area contributed by atoms with Crippen LogP contribution in [0.5, 0.6) is 0 Å². The van der Waals surface area contributed by atoms with Crippen molar-refractivity contribution in [1.29, 1.82) is 5.26 Å². The number of H-pyrrole nitrogens is 1. The summed E-state index contributed by atoms with van der Waals surface area (Å²) in [6.07, 6.45) is 0. The summed E-state index contributed by atoms with van der Waals surface area (Å²) >= 11 is 14.6. The van der Waals surface area contributed by atoms with Crippen molar-refractivity contribution < 1.29 is 4.39 Å². The van der Waals surface area contributed by atoms with Crippen molar-refractivity contribution in [3.05, 3.63) is 56.0 Å². The highest BCUT2D eigenvalue weighted by atomic mass is 79.9. The molecule has 0 bridgehead atoms. The van der Waals surface area contributed by atoms with Gasteiger partial charge in [-0.25, -0.2) is 4.39 Å². The number of hydrogen-bond acceptors (Lipinski definition) is 2. The lowest BCUT2D eigenvalue weighted by atomic mass is 10.2. The molecule has 0 aliphatic rings. The van der Waals surface area contributed by atoms with Crippen LogP contribution in [0.15, 0.2) is 34.8 Å². The van der Waals surface area contributed by atoms with Crippen LogP contribution in [0.25, 0.3) is 16.7 Å². The second-order valence-corrected chi connectivity index (χ2v) is 5.98. The van der Waals surface area contributed by atoms with Crippen molar-refractivity contribution in [2.45, 2.75) is 0 Å². The molecule has 7 heteroatoms. The van der Waals surface area contributed by atoms with Gasteiger partial charge in [-0.1, -0.05) is 11.6 Å². The Kier molecular flexibility index (Phi) is 3.57. The lowest BCUT2D eigenvalue weighted by Crippen LogP contribution is -1.96. The van der Waals surface area contributed by atoms with Gasteiger partial charge >= 0.3 is 0 Å². The molecule has 0 fully saturated rings. The van der Waals surface area contributed by atoms with Crippen molar-refractivity contribution >= 4 is 50.8 Å². The Morgan fingerprint density at radius 3 is 2.81 bits per heavy atom. The summed E-state index contributed by atoms with van der Waals surface area (Å²) < 4.78 is 16.1. The first-order valence-corrected chi connectivity index (χ1v) is 7.39. The van der Waals surface area contributed by atoms with E-state index in [4.69, 9.17) is 29.1 Å². The molecular formula is C14H6BrClFN3S. The third-order valence-electron chi connectivity index (χ3n) is 3.04. The van der Waals surface area contributed by atoms with Gasteiger partial charge in [0.15, 0.2) is 4.77 Å². The maximum Gasteiger partial charge on any atom is 0.182 e. The standard InChI is InChI=1S/C14H6BrClFN3S/c15-8-4-11-13(5-10(8)17)20(14(21)19-11)12-3-7(6-18)1-2-9(12)16/h1-5H,(H,19,21). The average Bonchev–Trinajstić information content (AvgIpc) is 2.75. The Morgan fingerprint density at radius 2 is 2.10 bits per heavy atom. The van der Waals surface area contributed by atoms with Gasteiger partial charge in [0, 0.05) is 6.07 Å². The molecule has 2 aromatic carbocycles. The average molecular weight is 383 g/mol. The highest BCUT2D eigenvalue weighted by molar-refractivity contribution is 9.10. The van der Waals surface area contributed by atoms with Gasteiger partial charge in [0.25, 0.3) is 0 Å². The van der Waals surface area contributed by atoms with Gasteiger partial charge in [0.2, 0.25) is 0 Å². The van der Waals surface area contributed by atoms with Crippen LogP contribution in [0, 0.1) is 21.9 Å². The molecule has 3 nitrogen and oxygen atoms in total. The van der Waals surface area contributed by atoms with Gasteiger partial charge in [0.05, 0.1) is 37.8 Å². The number of hydrogen-bond donors (Lipinski definition) is 1. The maximum absolute atomic E-state index is 13.8. The first kappa shape index (κ1) is 14.3. The van der Waals surface area contributed by atoms with Crippen LogP contribution in [0.4, 0.5) is 4.39 Å². The number of nitrogens with one attached hydrogen (secondary N) is 1. The predicted octanol–water partition coefficient (Wildman–Crippen LogP) is 5.11. The second kappa shape index (κ2) is 5.26. The van der Waals surface area contributed by atoms with Gasteiger partial charge in [-0.3, -0.25) is 4.57 Å². The van der Waals surface area contributed by atoms with E-state index in [-0.39, 0.29) is 0 Å². The summed E-state index contributed by atoms with van der Waals surface area (Å²) in [4.78, 5) is 3.00. The van der Waals surface area contributed by atoms with Crippen LogP contribution < -0.4 is 0 Å². The molecule has 0 radical (unpaired) electrons. The fraction of sp³-hybridized carbons (Fsp3) is 0. The molecule has 0 aliphatic carbocycles. The highest BCUT2D eigenvalue weighted by Gasteiger charge is 2.13. The van der Waals surface area contributed by atoms with Crippen molar-refractivity contribution in [3.63, 3.8) is 0 Å². The van der Waals surface area contributed by atoms with E-state index in [1.807, 2.05) is 6.07 Å². The number of nitriles is 1. The van der Waals surface area contributed by atoms with Crippen LogP contribution in [0.1, 0.15) is 5.56 Å². The minimum atomic E-state index is -0.405. The summed E-state index contributed by atoms with van der Waals surface area (Å²) in [6, 6.07) is 9.86. The zero-order valence-electron chi connectivity index (χ0n) is 10.3. The quantitative estimate of drug-likeness (QED) is 0.594. The van der Waals surface area contributed by atoms with Crippen molar-refractivity contribution in [2.24, 2.45) is 0 Å². The molecule has 1 heterocycles. The van der Waals surface area contributed by atoms with E-state index in [1.54, 1.807) is 28.8 Å². The first-order chi connectivity index (χ1) is 10.0. The Bertz CT molecular complexity index is 971. The Balaban J connectivity index is 2.41. The SMILES string of the molecule is N#Cc1ccc(Cl)c(-n2c(=S)[nH]c3cc(Br)c(F)cc32)c1. The Morgan fingerprint density at radius 1 is 1.33 bits per heavy atom. The topological polar surface area (TPSA) is 44.5 Å². The minimum Gasteiger partial charge on any atom is -0.330 e. The monoisotopic (exact) mass is 381 g/mol. The normalized spacial score (nSPS) is 10.8. The molecule has 0 unspecified atom stereocenters.